The molecule has 9 heteroatoms. The molecule has 3 aromatic rings. The number of methoxy groups -OCH3 is 2. The first-order chi connectivity index (χ1) is 13.9. The first-order valence-corrected chi connectivity index (χ1v) is 8.53. The molecule has 1 heterocycles. The van der Waals surface area contributed by atoms with Crippen LogP contribution in [-0.2, 0) is 6.54 Å². The number of nitrogens with zero attached hydrogens (tertiary/aromatic N) is 1. The molecule has 150 valence electrons. The van der Waals surface area contributed by atoms with E-state index in [2.05, 4.69) is 10.3 Å². The van der Waals surface area contributed by atoms with E-state index in [0.717, 1.165) is 10.8 Å². The highest BCUT2D eigenvalue weighted by molar-refractivity contribution is 6.04. The molecule has 0 atom stereocenters. The van der Waals surface area contributed by atoms with Gasteiger partial charge in [0.25, 0.3) is 11.5 Å². The molecule has 0 aliphatic rings. The summed E-state index contributed by atoms with van der Waals surface area (Å²) in [5, 5.41) is 2.56. The van der Waals surface area contributed by atoms with Crippen molar-refractivity contribution in [1.29, 1.82) is 0 Å². The van der Waals surface area contributed by atoms with E-state index < -0.39 is 23.0 Å². The SMILES string of the molecule is COc1cc(NC(=O)c2c[nH]c(=O)n(Cc3ccccc3F)c2=O)cc(OC)c1. The van der Waals surface area contributed by atoms with Gasteiger partial charge in [-0.1, -0.05) is 18.2 Å². The van der Waals surface area contributed by atoms with Crippen LogP contribution in [0.1, 0.15) is 15.9 Å². The Morgan fingerprint density at radius 2 is 1.76 bits per heavy atom. The van der Waals surface area contributed by atoms with Crippen LogP contribution in [0.3, 0.4) is 0 Å². The molecule has 0 unspecified atom stereocenters. The van der Waals surface area contributed by atoms with Crippen LogP contribution in [-0.4, -0.2) is 29.7 Å². The average Bonchev–Trinajstić information content (AvgIpc) is 2.71. The first kappa shape index (κ1) is 19.9. The van der Waals surface area contributed by atoms with Crippen LogP contribution in [0.4, 0.5) is 10.1 Å². The molecule has 1 aromatic heterocycles. The lowest BCUT2D eigenvalue weighted by molar-refractivity contribution is 0.102. The number of amides is 1. The molecular weight excluding hydrogens is 381 g/mol. The van der Waals surface area contributed by atoms with Gasteiger partial charge in [-0.15, -0.1) is 0 Å². The van der Waals surface area contributed by atoms with Crippen LogP contribution < -0.4 is 26.0 Å². The minimum absolute atomic E-state index is 0.148. The topological polar surface area (TPSA) is 102 Å². The monoisotopic (exact) mass is 399 g/mol. The van der Waals surface area contributed by atoms with Crippen LogP contribution in [0, 0.1) is 5.82 Å². The number of benzene rings is 2. The summed E-state index contributed by atoms with van der Waals surface area (Å²) in [7, 11) is 2.92. The predicted molar refractivity (Wildman–Crippen MR) is 104 cm³/mol. The third-order valence-corrected chi connectivity index (χ3v) is 4.20. The van der Waals surface area contributed by atoms with Crippen molar-refractivity contribution >= 4 is 11.6 Å². The van der Waals surface area contributed by atoms with E-state index in [1.54, 1.807) is 24.3 Å². The Balaban J connectivity index is 1.94. The molecule has 0 aliphatic heterocycles. The number of hydrogen-bond acceptors (Lipinski definition) is 5. The maximum Gasteiger partial charge on any atom is 0.328 e. The van der Waals surface area contributed by atoms with Gasteiger partial charge in [-0.25, -0.2) is 9.18 Å². The lowest BCUT2D eigenvalue weighted by atomic mass is 10.2. The first-order valence-electron chi connectivity index (χ1n) is 8.53. The maximum absolute atomic E-state index is 13.9. The smallest absolute Gasteiger partial charge is 0.328 e. The molecule has 0 saturated heterocycles. The van der Waals surface area contributed by atoms with Gasteiger partial charge in [-0.3, -0.25) is 14.2 Å². The molecule has 0 bridgehead atoms. The highest BCUT2D eigenvalue weighted by Crippen LogP contribution is 2.25. The van der Waals surface area contributed by atoms with E-state index in [4.69, 9.17) is 9.47 Å². The molecule has 0 spiro atoms. The van der Waals surface area contributed by atoms with E-state index in [1.807, 2.05) is 0 Å². The summed E-state index contributed by atoms with van der Waals surface area (Å²) in [5.41, 5.74) is -1.42. The van der Waals surface area contributed by atoms with Crippen LogP contribution in [0.15, 0.2) is 58.3 Å². The number of aromatic nitrogens is 2. The normalized spacial score (nSPS) is 10.4. The van der Waals surface area contributed by atoms with Gasteiger partial charge in [0, 0.05) is 35.6 Å². The molecule has 8 nitrogen and oxygen atoms in total. The second-order valence-electron chi connectivity index (χ2n) is 6.05. The van der Waals surface area contributed by atoms with Gasteiger partial charge in [0.2, 0.25) is 0 Å². The van der Waals surface area contributed by atoms with Gasteiger partial charge in [-0.2, -0.15) is 0 Å². The molecule has 0 radical (unpaired) electrons. The molecule has 2 N–H and O–H groups in total. The molecular formula is C20H18FN3O5. The van der Waals surface area contributed by atoms with E-state index >= 15 is 0 Å². The third-order valence-electron chi connectivity index (χ3n) is 4.20. The number of carbonyl (C=O) groups excluding carboxylic acids is 1. The predicted octanol–water partition coefficient (Wildman–Crippen LogP) is 1.99. The number of ether oxygens (including phenoxy) is 2. The third kappa shape index (κ3) is 4.34. The van der Waals surface area contributed by atoms with E-state index in [0.29, 0.717) is 17.2 Å². The van der Waals surface area contributed by atoms with Crippen molar-refractivity contribution < 1.29 is 18.7 Å². The van der Waals surface area contributed by atoms with Crippen molar-refractivity contribution in [3.63, 3.8) is 0 Å². The minimum Gasteiger partial charge on any atom is -0.497 e. The summed E-state index contributed by atoms with van der Waals surface area (Å²) in [6, 6.07) is 10.5. The van der Waals surface area contributed by atoms with Crippen molar-refractivity contribution in [3.05, 3.63) is 86.4 Å². The average molecular weight is 399 g/mol. The fourth-order valence-electron chi connectivity index (χ4n) is 2.69. The summed E-state index contributed by atoms with van der Waals surface area (Å²) in [6.45, 7) is -0.311. The zero-order valence-corrected chi connectivity index (χ0v) is 15.7. The highest BCUT2D eigenvalue weighted by atomic mass is 19.1. The Morgan fingerprint density at radius 1 is 1.10 bits per heavy atom. The Morgan fingerprint density at radius 3 is 2.38 bits per heavy atom. The van der Waals surface area contributed by atoms with Gasteiger partial charge in [-0.05, 0) is 6.07 Å². The minimum atomic E-state index is -0.843. The lowest BCUT2D eigenvalue weighted by Crippen LogP contribution is -2.39. The number of aromatic amines is 1. The van der Waals surface area contributed by atoms with Crippen molar-refractivity contribution in [3.8, 4) is 11.5 Å². The Bertz CT molecular complexity index is 1150. The number of nitrogens with one attached hydrogen (secondary N) is 2. The summed E-state index contributed by atoms with van der Waals surface area (Å²) in [4.78, 5) is 39.7. The van der Waals surface area contributed by atoms with Crippen LogP contribution in [0.25, 0.3) is 0 Å². The fraction of sp³-hybridized carbons (Fsp3) is 0.150. The second-order valence-corrected chi connectivity index (χ2v) is 6.05. The summed E-state index contributed by atoms with van der Waals surface area (Å²) in [5.74, 6) is -0.419. The number of hydrogen-bond donors (Lipinski definition) is 2. The Hall–Kier alpha value is -3.88. The molecule has 0 fully saturated rings. The zero-order valence-electron chi connectivity index (χ0n) is 15.7. The summed E-state index contributed by atoms with van der Waals surface area (Å²) in [6.07, 6.45) is 1.02. The molecule has 2 aromatic carbocycles. The maximum atomic E-state index is 13.9. The van der Waals surface area contributed by atoms with Crippen molar-refractivity contribution in [1.82, 2.24) is 9.55 Å². The molecule has 29 heavy (non-hydrogen) atoms. The van der Waals surface area contributed by atoms with Crippen molar-refractivity contribution in [2.45, 2.75) is 6.54 Å². The number of halogens is 1. The van der Waals surface area contributed by atoms with Gasteiger partial charge in [0.05, 0.1) is 20.8 Å². The molecule has 3 rings (SSSR count). The molecule has 0 aliphatic carbocycles. The van der Waals surface area contributed by atoms with Gasteiger partial charge >= 0.3 is 5.69 Å². The van der Waals surface area contributed by atoms with Gasteiger partial charge in [0.15, 0.2) is 0 Å². The van der Waals surface area contributed by atoms with Gasteiger partial charge in [0.1, 0.15) is 22.9 Å². The summed E-state index contributed by atoms with van der Waals surface area (Å²) >= 11 is 0. The number of rotatable bonds is 6. The Labute approximate surface area is 164 Å². The highest BCUT2D eigenvalue weighted by Gasteiger charge is 2.17. The fourth-order valence-corrected chi connectivity index (χ4v) is 2.69. The van der Waals surface area contributed by atoms with Crippen LogP contribution in [0.2, 0.25) is 0 Å². The molecule has 0 saturated carbocycles. The number of carbonyl (C=O) groups is 1. The standard InChI is InChI=1S/C20H18FN3O5/c1-28-14-7-13(8-15(9-14)29-2)23-18(25)16-10-22-20(27)24(19(16)26)11-12-5-3-4-6-17(12)21/h3-10H,11H2,1-2H3,(H,22,27)(H,23,25). The van der Waals surface area contributed by atoms with Crippen molar-refractivity contribution in [2.75, 3.05) is 19.5 Å². The van der Waals surface area contributed by atoms with E-state index in [9.17, 15) is 18.8 Å². The van der Waals surface area contributed by atoms with Gasteiger partial charge < -0.3 is 19.8 Å². The van der Waals surface area contributed by atoms with Crippen LogP contribution in [0.5, 0.6) is 11.5 Å². The molecule has 1 amide bonds. The number of H-pyrrole nitrogens is 1. The summed E-state index contributed by atoms with van der Waals surface area (Å²) < 4.78 is 24.9. The second kappa shape index (κ2) is 8.42. The van der Waals surface area contributed by atoms with E-state index in [1.165, 1.54) is 32.4 Å². The quantitative estimate of drug-likeness (QED) is 0.660. The Kier molecular flexibility index (Phi) is 5.77. The zero-order chi connectivity index (χ0) is 21.0. The van der Waals surface area contributed by atoms with E-state index in [-0.39, 0.29) is 17.7 Å². The van der Waals surface area contributed by atoms with Crippen LogP contribution >= 0.6 is 0 Å². The number of anilines is 1. The van der Waals surface area contributed by atoms with Crippen molar-refractivity contribution in [2.24, 2.45) is 0 Å². The largest absolute Gasteiger partial charge is 0.497 e. The lowest BCUT2D eigenvalue weighted by Gasteiger charge is -2.11.